The minimum atomic E-state index is 0.104. The fraction of sp³-hybridized carbons (Fsp3) is 0.375. The van der Waals surface area contributed by atoms with Crippen LogP contribution in [-0.4, -0.2) is 53.5 Å². The maximum Gasteiger partial charge on any atom is 0.270 e. The van der Waals surface area contributed by atoms with Crippen LogP contribution in [0.15, 0.2) is 36.4 Å². The van der Waals surface area contributed by atoms with Crippen molar-refractivity contribution in [3.05, 3.63) is 64.3 Å². The van der Waals surface area contributed by atoms with Gasteiger partial charge < -0.3 is 14.6 Å². The Labute approximate surface area is 171 Å². The summed E-state index contributed by atoms with van der Waals surface area (Å²) in [6.45, 7) is 9.24. The van der Waals surface area contributed by atoms with Gasteiger partial charge in [-0.25, -0.2) is 0 Å². The molecule has 2 aromatic carbocycles. The van der Waals surface area contributed by atoms with E-state index < -0.39 is 0 Å². The number of nitrogens with zero attached hydrogens (tertiary/aromatic N) is 2. The van der Waals surface area contributed by atoms with Crippen molar-refractivity contribution >= 4 is 16.8 Å². The number of aryl methyl sites for hydroxylation is 2. The third-order valence-electron chi connectivity index (χ3n) is 6.14. The van der Waals surface area contributed by atoms with E-state index in [1.165, 1.54) is 22.3 Å². The van der Waals surface area contributed by atoms with Gasteiger partial charge in [0.05, 0.1) is 6.61 Å². The predicted molar refractivity (Wildman–Crippen MR) is 115 cm³/mol. The van der Waals surface area contributed by atoms with Gasteiger partial charge in [-0.2, -0.15) is 0 Å². The van der Waals surface area contributed by atoms with Gasteiger partial charge in [-0.1, -0.05) is 18.2 Å². The zero-order chi connectivity index (χ0) is 20.0. The highest BCUT2D eigenvalue weighted by Crippen LogP contribution is 2.27. The third kappa shape index (κ3) is 3.51. The average Bonchev–Trinajstić information content (AvgIpc) is 3.34. The molecule has 5 heteroatoms. The summed E-state index contributed by atoms with van der Waals surface area (Å²) < 4.78 is 5.60. The lowest BCUT2D eigenvalue weighted by Gasteiger charge is -2.34. The molecule has 0 unspecified atom stereocenters. The molecule has 3 heterocycles. The quantitative estimate of drug-likeness (QED) is 0.743. The third-order valence-corrected chi connectivity index (χ3v) is 6.14. The molecule has 0 aliphatic carbocycles. The lowest BCUT2D eigenvalue weighted by atomic mass is 10.1. The predicted octanol–water partition coefficient (Wildman–Crippen LogP) is 3.68. The normalized spacial score (nSPS) is 16.8. The van der Waals surface area contributed by atoms with Crippen LogP contribution in [0.3, 0.4) is 0 Å². The molecule has 1 amide bonds. The molecule has 0 spiro atoms. The van der Waals surface area contributed by atoms with E-state index in [0.29, 0.717) is 5.69 Å². The number of hydrogen-bond donors (Lipinski definition) is 1. The van der Waals surface area contributed by atoms with Crippen LogP contribution in [-0.2, 0) is 13.0 Å². The van der Waals surface area contributed by atoms with Crippen LogP contribution >= 0.6 is 0 Å². The molecule has 1 N–H and O–H groups in total. The topological polar surface area (TPSA) is 48.6 Å². The first-order valence-corrected chi connectivity index (χ1v) is 10.4. The van der Waals surface area contributed by atoms with Gasteiger partial charge in [0, 0.05) is 50.0 Å². The molecule has 29 heavy (non-hydrogen) atoms. The highest BCUT2D eigenvalue weighted by atomic mass is 16.5. The molecule has 0 saturated carbocycles. The fourth-order valence-corrected chi connectivity index (χ4v) is 4.59. The summed E-state index contributed by atoms with van der Waals surface area (Å²) in [7, 11) is 0. The maximum absolute atomic E-state index is 13.0. The van der Waals surface area contributed by atoms with Gasteiger partial charge in [0.15, 0.2) is 0 Å². The van der Waals surface area contributed by atoms with Crippen molar-refractivity contribution < 1.29 is 9.53 Å². The van der Waals surface area contributed by atoms with Gasteiger partial charge >= 0.3 is 0 Å². The number of ether oxygens (including phenoxy) is 1. The van der Waals surface area contributed by atoms with E-state index in [2.05, 4.69) is 54.1 Å². The largest absolute Gasteiger partial charge is 0.493 e. The van der Waals surface area contributed by atoms with E-state index in [1.807, 2.05) is 11.0 Å². The van der Waals surface area contributed by atoms with Crippen molar-refractivity contribution in [2.45, 2.75) is 26.8 Å². The lowest BCUT2D eigenvalue weighted by Crippen LogP contribution is -2.48. The van der Waals surface area contributed by atoms with Gasteiger partial charge in [0.2, 0.25) is 0 Å². The van der Waals surface area contributed by atoms with E-state index in [0.717, 1.165) is 62.4 Å². The van der Waals surface area contributed by atoms with E-state index in [9.17, 15) is 4.79 Å². The monoisotopic (exact) mass is 389 g/mol. The van der Waals surface area contributed by atoms with Gasteiger partial charge in [0.25, 0.3) is 5.91 Å². The maximum atomic E-state index is 13.0. The van der Waals surface area contributed by atoms with Crippen LogP contribution in [0.1, 0.15) is 32.7 Å². The minimum Gasteiger partial charge on any atom is -0.493 e. The van der Waals surface area contributed by atoms with Crippen LogP contribution < -0.4 is 4.74 Å². The van der Waals surface area contributed by atoms with E-state index in [4.69, 9.17) is 4.74 Å². The van der Waals surface area contributed by atoms with Gasteiger partial charge in [-0.3, -0.25) is 9.69 Å². The smallest absolute Gasteiger partial charge is 0.270 e. The second kappa shape index (κ2) is 7.23. The summed E-state index contributed by atoms with van der Waals surface area (Å²) in [6, 6.07) is 12.8. The second-order valence-electron chi connectivity index (χ2n) is 8.33. The summed E-state index contributed by atoms with van der Waals surface area (Å²) in [4.78, 5) is 20.8. The fourth-order valence-electron chi connectivity index (χ4n) is 4.59. The van der Waals surface area contributed by atoms with Crippen LogP contribution in [0.4, 0.5) is 0 Å². The van der Waals surface area contributed by atoms with Crippen LogP contribution in [0.5, 0.6) is 5.75 Å². The number of aromatic nitrogens is 1. The number of amides is 1. The molecule has 1 fully saturated rings. The van der Waals surface area contributed by atoms with E-state index in [1.54, 1.807) is 0 Å². The second-order valence-corrected chi connectivity index (χ2v) is 8.33. The van der Waals surface area contributed by atoms with E-state index >= 15 is 0 Å². The van der Waals surface area contributed by atoms with Crippen LogP contribution in [0, 0.1) is 13.8 Å². The van der Waals surface area contributed by atoms with E-state index in [-0.39, 0.29) is 5.91 Å². The Bertz CT molecular complexity index is 1080. The Kier molecular flexibility index (Phi) is 4.55. The number of H-pyrrole nitrogens is 1. The van der Waals surface area contributed by atoms with Crippen molar-refractivity contribution in [1.82, 2.24) is 14.8 Å². The summed E-state index contributed by atoms with van der Waals surface area (Å²) in [6.07, 6.45) is 1.01. The highest BCUT2D eigenvalue weighted by molar-refractivity contribution is 5.99. The Morgan fingerprint density at radius 3 is 2.72 bits per heavy atom. The zero-order valence-electron chi connectivity index (χ0n) is 17.1. The van der Waals surface area contributed by atoms with Crippen molar-refractivity contribution in [1.29, 1.82) is 0 Å². The van der Waals surface area contributed by atoms with Crippen molar-refractivity contribution in [3.8, 4) is 5.75 Å². The van der Waals surface area contributed by atoms with Gasteiger partial charge in [-0.15, -0.1) is 0 Å². The number of aromatic amines is 1. The molecule has 2 aliphatic heterocycles. The molecule has 0 radical (unpaired) electrons. The lowest BCUT2D eigenvalue weighted by molar-refractivity contribution is 0.0623. The Balaban J connectivity index is 1.23. The number of fused-ring (bicyclic) bond motifs is 2. The molecular formula is C24H27N3O2. The van der Waals surface area contributed by atoms with Gasteiger partial charge in [-0.05, 0) is 54.3 Å². The standard InChI is InChI=1S/C24H27N3O2/c1-16-11-17(2)20-14-22(25-21(20)12-16)24(28)27-8-6-26(7-9-27)15-18-3-4-23-19(13-18)5-10-29-23/h3-4,11-14,25H,5-10,15H2,1-2H3. The van der Waals surface area contributed by atoms with Gasteiger partial charge in [0.1, 0.15) is 11.4 Å². The van der Waals surface area contributed by atoms with Crippen LogP contribution in [0.25, 0.3) is 10.9 Å². The molecule has 2 aliphatic rings. The first-order chi connectivity index (χ1) is 14.1. The first-order valence-electron chi connectivity index (χ1n) is 10.4. The summed E-state index contributed by atoms with van der Waals surface area (Å²) in [5.41, 5.74) is 6.81. The summed E-state index contributed by atoms with van der Waals surface area (Å²) >= 11 is 0. The molecule has 5 nitrogen and oxygen atoms in total. The minimum absolute atomic E-state index is 0.104. The number of rotatable bonds is 3. The zero-order valence-corrected chi connectivity index (χ0v) is 17.1. The first kappa shape index (κ1) is 18.3. The molecule has 3 aromatic rings. The van der Waals surface area contributed by atoms with Crippen LogP contribution in [0.2, 0.25) is 0 Å². The Morgan fingerprint density at radius 1 is 1.07 bits per heavy atom. The van der Waals surface area contributed by atoms with Crippen molar-refractivity contribution in [2.75, 3.05) is 32.8 Å². The van der Waals surface area contributed by atoms with Crippen molar-refractivity contribution in [2.24, 2.45) is 0 Å². The highest BCUT2D eigenvalue weighted by Gasteiger charge is 2.24. The number of carbonyl (C=O) groups excluding carboxylic acids is 1. The number of nitrogens with one attached hydrogen (secondary N) is 1. The molecule has 5 rings (SSSR count). The molecule has 1 saturated heterocycles. The molecular weight excluding hydrogens is 362 g/mol. The Hall–Kier alpha value is -2.79. The molecule has 0 atom stereocenters. The number of benzene rings is 2. The number of piperazine rings is 1. The SMILES string of the molecule is Cc1cc(C)c2cc(C(=O)N3CCN(Cc4ccc5c(c4)CCO5)CC3)[nH]c2c1. The Morgan fingerprint density at radius 2 is 1.90 bits per heavy atom. The average molecular weight is 389 g/mol. The molecule has 150 valence electrons. The molecule has 0 bridgehead atoms. The number of hydrogen-bond acceptors (Lipinski definition) is 3. The summed E-state index contributed by atoms with van der Waals surface area (Å²) in [5, 5.41) is 1.14. The number of carbonyl (C=O) groups is 1. The molecule has 1 aromatic heterocycles. The summed E-state index contributed by atoms with van der Waals surface area (Å²) in [5.74, 6) is 1.14. The van der Waals surface area contributed by atoms with Crippen molar-refractivity contribution in [3.63, 3.8) is 0 Å².